The third kappa shape index (κ3) is 2.95. The van der Waals surface area contributed by atoms with E-state index in [1.54, 1.807) is 19.0 Å². The van der Waals surface area contributed by atoms with Gasteiger partial charge in [0.2, 0.25) is 11.8 Å². The lowest BCUT2D eigenvalue weighted by atomic mass is 9.98. The second-order valence-electron chi connectivity index (χ2n) is 4.51. The van der Waals surface area contributed by atoms with Crippen LogP contribution in [-0.2, 0) is 9.59 Å². The first-order valence-corrected chi connectivity index (χ1v) is 5.71. The van der Waals surface area contributed by atoms with E-state index < -0.39 is 5.54 Å². The van der Waals surface area contributed by atoms with Gasteiger partial charge in [0.15, 0.2) is 0 Å². The monoisotopic (exact) mass is 227 g/mol. The average molecular weight is 227 g/mol. The number of carbonyl (C=O) groups excluding carboxylic acids is 2. The lowest BCUT2D eigenvalue weighted by molar-refractivity contribution is -0.136. The molecule has 1 rings (SSSR count). The van der Waals surface area contributed by atoms with Gasteiger partial charge >= 0.3 is 0 Å². The number of nitrogens with zero attached hydrogens (tertiary/aromatic N) is 1. The van der Waals surface area contributed by atoms with E-state index >= 15 is 0 Å². The smallest absolute Gasteiger partial charge is 0.242 e. The van der Waals surface area contributed by atoms with Gasteiger partial charge in [0.05, 0.1) is 5.54 Å². The molecule has 0 aromatic carbocycles. The Morgan fingerprint density at radius 2 is 2.19 bits per heavy atom. The minimum atomic E-state index is -0.433. The number of nitrogens with one attached hydrogen (secondary N) is 2. The fourth-order valence-electron chi connectivity index (χ4n) is 1.99. The summed E-state index contributed by atoms with van der Waals surface area (Å²) in [6.07, 6.45) is 2.26. The van der Waals surface area contributed by atoms with Crippen LogP contribution in [-0.4, -0.2) is 49.4 Å². The van der Waals surface area contributed by atoms with E-state index in [9.17, 15) is 9.59 Å². The van der Waals surface area contributed by atoms with Gasteiger partial charge in [0.1, 0.15) is 0 Å². The number of rotatable bonds is 4. The van der Waals surface area contributed by atoms with Crippen LogP contribution in [0.4, 0.5) is 0 Å². The average Bonchev–Trinajstić information content (AvgIpc) is 2.72. The maximum Gasteiger partial charge on any atom is 0.242 e. The van der Waals surface area contributed by atoms with Crippen molar-refractivity contribution in [2.24, 2.45) is 0 Å². The molecule has 0 spiro atoms. The second-order valence-corrected chi connectivity index (χ2v) is 4.51. The fourth-order valence-corrected chi connectivity index (χ4v) is 1.99. The summed E-state index contributed by atoms with van der Waals surface area (Å²) < 4.78 is 0. The summed E-state index contributed by atoms with van der Waals surface area (Å²) in [6.45, 7) is 3.29. The molecule has 0 aromatic rings. The molecule has 1 aliphatic rings. The van der Waals surface area contributed by atoms with Gasteiger partial charge in [0.25, 0.3) is 0 Å². The minimum absolute atomic E-state index is 0.0378. The van der Waals surface area contributed by atoms with Crippen molar-refractivity contribution in [3.05, 3.63) is 0 Å². The van der Waals surface area contributed by atoms with Crippen LogP contribution in [0.15, 0.2) is 0 Å². The molecule has 2 N–H and O–H groups in total. The molecule has 16 heavy (non-hydrogen) atoms. The Bertz CT molecular complexity index is 272. The molecule has 0 radical (unpaired) electrons. The number of hydrogen-bond acceptors (Lipinski definition) is 3. The van der Waals surface area contributed by atoms with E-state index in [-0.39, 0.29) is 11.8 Å². The highest BCUT2D eigenvalue weighted by molar-refractivity contribution is 5.86. The first kappa shape index (κ1) is 13.0. The van der Waals surface area contributed by atoms with Crippen LogP contribution in [0.25, 0.3) is 0 Å². The van der Waals surface area contributed by atoms with E-state index in [0.717, 1.165) is 19.4 Å². The topological polar surface area (TPSA) is 61.4 Å². The molecule has 1 unspecified atom stereocenters. The van der Waals surface area contributed by atoms with Crippen molar-refractivity contribution < 1.29 is 9.59 Å². The molecular formula is C11H21N3O2. The zero-order valence-corrected chi connectivity index (χ0v) is 10.3. The number of hydrogen-bond donors (Lipinski definition) is 2. The fraction of sp³-hybridized carbons (Fsp3) is 0.818. The molecule has 1 heterocycles. The van der Waals surface area contributed by atoms with E-state index in [4.69, 9.17) is 0 Å². The SMILES string of the molecule is CNC(=O)CCN(C)C(=O)C1(C)CCCN1. The largest absolute Gasteiger partial charge is 0.359 e. The standard InChI is InChI=1S/C11H21N3O2/c1-11(6-4-7-13-11)10(16)14(3)8-5-9(15)12-2/h13H,4-8H2,1-3H3,(H,12,15). The van der Waals surface area contributed by atoms with Crippen LogP contribution in [0.2, 0.25) is 0 Å². The number of amides is 2. The van der Waals surface area contributed by atoms with Crippen molar-refractivity contribution in [1.29, 1.82) is 0 Å². The summed E-state index contributed by atoms with van der Waals surface area (Å²) in [6, 6.07) is 0. The number of likely N-dealkylation sites (N-methyl/N-ethyl adjacent to an activating group) is 1. The summed E-state index contributed by atoms with van der Waals surface area (Å²) in [7, 11) is 3.35. The van der Waals surface area contributed by atoms with Crippen molar-refractivity contribution >= 4 is 11.8 Å². The van der Waals surface area contributed by atoms with Crippen LogP contribution in [0.1, 0.15) is 26.2 Å². The molecule has 0 aromatic heterocycles. The molecule has 5 nitrogen and oxygen atoms in total. The number of carbonyl (C=O) groups is 2. The van der Waals surface area contributed by atoms with Gasteiger partial charge in [-0.15, -0.1) is 0 Å². The molecule has 1 fully saturated rings. The summed E-state index contributed by atoms with van der Waals surface area (Å²) >= 11 is 0. The van der Waals surface area contributed by atoms with Crippen LogP contribution in [0.5, 0.6) is 0 Å². The molecule has 1 atom stereocenters. The minimum Gasteiger partial charge on any atom is -0.359 e. The first-order chi connectivity index (χ1) is 7.49. The van der Waals surface area contributed by atoms with Crippen molar-refractivity contribution in [3.63, 3.8) is 0 Å². The van der Waals surface area contributed by atoms with Crippen LogP contribution < -0.4 is 10.6 Å². The quantitative estimate of drug-likeness (QED) is 0.694. The molecule has 5 heteroatoms. The highest BCUT2D eigenvalue weighted by Gasteiger charge is 2.37. The molecule has 0 aliphatic carbocycles. The molecule has 0 bridgehead atoms. The maximum atomic E-state index is 12.1. The molecule has 0 saturated carbocycles. The summed E-state index contributed by atoms with van der Waals surface area (Å²) in [4.78, 5) is 24.8. The van der Waals surface area contributed by atoms with Crippen molar-refractivity contribution in [2.75, 3.05) is 27.2 Å². The van der Waals surface area contributed by atoms with Gasteiger partial charge in [-0.3, -0.25) is 9.59 Å². The Hall–Kier alpha value is -1.10. The van der Waals surface area contributed by atoms with Gasteiger partial charge < -0.3 is 15.5 Å². The zero-order chi connectivity index (χ0) is 12.2. The maximum absolute atomic E-state index is 12.1. The zero-order valence-electron chi connectivity index (χ0n) is 10.3. The Kier molecular flexibility index (Phi) is 4.29. The Morgan fingerprint density at radius 3 is 2.69 bits per heavy atom. The normalized spacial score (nSPS) is 24.2. The summed E-state index contributed by atoms with van der Waals surface area (Å²) in [5, 5.41) is 5.77. The van der Waals surface area contributed by atoms with Crippen LogP contribution >= 0.6 is 0 Å². The van der Waals surface area contributed by atoms with E-state index in [0.29, 0.717) is 13.0 Å². The highest BCUT2D eigenvalue weighted by atomic mass is 16.2. The summed E-state index contributed by atoms with van der Waals surface area (Å²) in [5.74, 6) is 0.0399. The van der Waals surface area contributed by atoms with E-state index in [1.165, 1.54) is 0 Å². The first-order valence-electron chi connectivity index (χ1n) is 5.71. The van der Waals surface area contributed by atoms with Crippen LogP contribution in [0, 0.1) is 0 Å². The molecular weight excluding hydrogens is 206 g/mol. The predicted octanol–water partition coefficient (Wildman–Crippen LogP) is -0.277. The Balaban J connectivity index is 2.44. The molecule has 2 amide bonds. The van der Waals surface area contributed by atoms with Crippen molar-refractivity contribution in [3.8, 4) is 0 Å². The van der Waals surface area contributed by atoms with Gasteiger partial charge in [0, 0.05) is 27.1 Å². The van der Waals surface area contributed by atoms with Gasteiger partial charge in [-0.25, -0.2) is 0 Å². The van der Waals surface area contributed by atoms with Crippen LogP contribution in [0.3, 0.4) is 0 Å². The van der Waals surface area contributed by atoms with Gasteiger partial charge in [-0.1, -0.05) is 0 Å². The third-order valence-corrected chi connectivity index (χ3v) is 3.14. The Morgan fingerprint density at radius 1 is 1.50 bits per heavy atom. The molecule has 92 valence electrons. The predicted molar refractivity (Wildman–Crippen MR) is 62.0 cm³/mol. The van der Waals surface area contributed by atoms with Gasteiger partial charge in [-0.05, 0) is 26.3 Å². The lowest BCUT2D eigenvalue weighted by Crippen LogP contribution is -2.52. The molecule has 1 saturated heterocycles. The molecule has 1 aliphatic heterocycles. The second kappa shape index (κ2) is 5.30. The van der Waals surface area contributed by atoms with Gasteiger partial charge in [-0.2, -0.15) is 0 Å². The van der Waals surface area contributed by atoms with E-state index in [1.807, 2.05) is 6.92 Å². The van der Waals surface area contributed by atoms with E-state index in [2.05, 4.69) is 10.6 Å². The summed E-state index contributed by atoms with van der Waals surface area (Å²) in [5.41, 5.74) is -0.433. The third-order valence-electron chi connectivity index (χ3n) is 3.14. The Labute approximate surface area is 96.6 Å². The lowest BCUT2D eigenvalue weighted by Gasteiger charge is -2.29. The van der Waals surface area contributed by atoms with Crippen molar-refractivity contribution in [2.45, 2.75) is 31.7 Å². The highest BCUT2D eigenvalue weighted by Crippen LogP contribution is 2.20. The van der Waals surface area contributed by atoms with Crippen molar-refractivity contribution in [1.82, 2.24) is 15.5 Å².